The molecule has 0 saturated carbocycles. The Morgan fingerprint density at radius 2 is 1.69 bits per heavy atom. The van der Waals surface area contributed by atoms with E-state index in [1.165, 1.54) is 31.4 Å². The molecule has 6 nitrogen and oxygen atoms in total. The molecule has 0 radical (unpaired) electrons. The van der Waals surface area contributed by atoms with E-state index in [1.54, 1.807) is 18.2 Å². The molecule has 2 amide bonds. The van der Waals surface area contributed by atoms with Crippen molar-refractivity contribution in [2.75, 3.05) is 12.0 Å². The number of hydrogen-bond acceptors (Lipinski definition) is 5. The second-order valence-corrected chi connectivity index (χ2v) is 9.89. The van der Waals surface area contributed by atoms with Crippen LogP contribution >= 0.6 is 15.9 Å². The van der Waals surface area contributed by atoms with Crippen LogP contribution in [0.1, 0.15) is 27.5 Å². The summed E-state index contributed by atoms with van der Waals surface area (Å²) in [4.78, 5) is 44.6. The smallest absolute Gasteiger partial charge is 0.240 e. The largest absolute Gasteiger partial charge is 0.496 e. The number of rotatable bonds is 4. The van der Waals surface area contributed by atoms with Gasteiger partial charge in [0.25, 0.3) is 0 Å². The molecule has 3 heterocycles. The van der Waals surface area contributed by atoms with Crippen LogP contribution in [0.25, 0.3) is 6.08 Å². The molecule has 4 atom stereocenters. The maximum Gasteiger partial charge on any atom is 0.240 e. The molecule has 0 bridgehead atoms. The van der Waals surface area contributed by atoms with E-state index >= 15 is 0 Å². The molecule has 180 valence electrons. The number of amides is 2. The Kier molecular flexibility index (Phi) is 5.30. The van der Waals surface area contributed by atoms with Crippen LogP contribution < -0.4 is 9.64 Å². The molecule has 2 fully saturated rings. The number of carbonyl (C=O) groups is 3. The van der Waals surface area contributed by atoms with E-state index < -0.39 is 35.6 Å². The molecular formula is C28H20BrFN2O4. The predicted octanol–water partition coefficient (Wildman–Crippen LogP) is 5.00. The summed E-state index contributed by atoms with van der Waals surface area (Å²) < 4.78 is 19.5. The minimum Gasteiger partial charge on any atom is -0.496 e. The third-order valence-electron chi connectivity index (χ3n) is 7.25. The number of Topliss-reactive ketones (excluding diaryl/α,β-unsaturated/α-hetero) is 1. The number of fused-ring (bicyclic) bond motifs is 5. The first-order valence-electron chi connectivity index (χ1n) is 11.5. The third kappa shape index (κ3) is 3.24. The van der Waals surface area contributed by atoms with E-state index in [0.717, 1.165) is 16.0 Å². The van der Waals surface area contributed by atoms with Crippen LogP contribution in [0.3, 0.4) is 0 Å². The highest BCUT2D eigenvalue weighted by Crippen LogP contribution is 2.53. The molecule has 3 aliphatic rings. The van der Waals surface area contributed by atoms with Crippen LogP contribution in [-0.2, 0) is 9.59 Å². The van der Waals surface area contributed by atoms with Gasteiger partial charge in [-0.1, -0.05) is 24.3 Å². The van der Waals surface area contributed by atoms with Gasteiger partial charge in [-0.15, -0.1) is 0 Å². The Hall–Kier alpha value is -3.78. The number of hydrogen-bond donors (Lipinski definition) is 0. The van der Waals surface area contributed by atoms with Crippen molar-refractivity contribution >= 4 is 45.3 Å². The average Bonchev–Trinajstić information content (AvgIpc) is 3.36. The predicted molar refractivity (Wildman–Crippen MR) is 135 cm³/mol. The van der Waals surface area contributed by atoms with Gasteiger partial charge in [-0.05, 0) is 75.6 Å². The lowest BCUT2D eigenvalue weighted by Crippen LogP contribution is -2.44. The monoisotopic (exact) mass is 546 g/mol. The molecule has 0 spiro atoms. The molecule has 0 unspecified atom stereocenters. The Labute approximate surface area is 215 Å². The van der Waals surface area contributed by atoms with Gasteiger partial charge < -0.3 is 9.64 Å². The summed E-state index contributed by atoms with van der Waals surface area (Å²) in [5, 5.41) is 0. The fourth-order valence-electron chi connectivity index (χ4n) is 5.69. The Morgan fingerprint density at radius 1 is 0.972 bits per heavy atom. The number of nitrogens with zero attached hydrogens (tertiary/aromatic N) is 2. The Bertz CT molecular complexity index is 1450. The molecule has 2 saturated heterocycles. The lowest BCUT2D eigenvalue weighted by atomic mass is 9.83. The molecule has 36 heavy (non-hydrogen) atoms. The second-order valence-electron chi connectivity index (χ2n) is 9.03. The van der Waals surface area contributed by atoms with Gasteiger partial charge in [-0.2, -0.15) is 0 Å². The summed E-state index contributed by atoms with van der Waals surface area (Å²) in [5.41, 5.74) is 2.53. The molecule has 0 aliphatic carbocycles. The minimum absolute atomic E-state index is 0.262. The minimum atomic E-state index is -0.892. The molecule has 3 aromatic carbocycles. The van der Waals surface area contributed by atoms with Crippen LogP contribution in [0.2, 0.25) is 0 Å². The molecule has 0 N–H and O–H groups in total. The summed E-state index contributed by atoms with van der Waals surface area (Å²) in [5.74, 6) is -2.64. The van der Waals surface area contributed by atoms with Crippen LogP contribution in [0.5, 0.6) is 5.75 Å². The molecule has 6 rings (SSSR count). The normalized spacial score (nSPS) is 24.0. The third-order valence-corrected chi connectivity index (χ3v) is 7.87. The van der Waals surface area contributed by atoms with Crippen molar-refractivity contribution in [3.05, 3.63) is 99.9 Å². The van der Waals surface area contributed by atoms with Gasteiger partial charge in [0.2, 0.25) is 11.8 Å². The zero-order valence-electron chi connectivity index (χ0n) is 19.1. The Balaban J connectivity index is 1.48. The number of halogens is 2. The van der Waals surface area contributed by atoms with E-state index in [9.17, 15) is 18.8 Å². The van der Waals surface area contributed by atoms with Gasteiger partial charge in [-0.3, -0.25) is 14.4 Å². The zero-order valence-corrected chi connectivity index (χ0v) is 20.7. The van der Waals surface area contributed by atoms with Crippen LogP contribution in [0, 0.1) is 17.7 Å². The van der Waals surface area contributed by atoms with E-state index in [1.807, 2.05) is 41.4 Å². The number of carbonyl (C=O) groups excluding carboxylic acids is 3. The van der Waals surface area contributed by atoms with E-state index in [0.29, 0.717) is 21.5 Å². The maximum absolute atomic E-state index is 14.0. The number of ketones is 1. The summed E-state index contributed by atoms with van der Waals surface area (Å²) >= 11 is 3.43. The quantitative estimate of drug-likeness (QED) is 0.340. The summed E-state index contributed by atoms with van der Waals surface area (Å²) in [6.45, 7) is 0. The summed E-state index contributed by atoms with van der Waals surface area (Å²) in [7, 11) is 1.54. The number of methoxy groups -OCH3 is 1. The highest BCUT2D eigenvalue weighted by molar-refractivity contribution is 9.10. The van der Waals surface area contributed by atoms with Crippen molar-refractivity contribution < 1.29 is 23.5 Å². The molecule has 8 heteroatoms. The molecule has 0 aromatic heterocycles. The number of imide groups is 1. The Morgan fingerprint density at radius 3 is 2.42 bits per heavy atom. The van der Waals surface area contributed by atoms with E-state index in [2.05, 4.69) is 15.9 Å². The standard InChI is InChI=1S/C28H20BrFN2O4/c1-36-21-11-6-16(14-20(21)29)26(33)25-23-22(24-19-5-3-2-4-15(19)12-13-31(24)25)27(34)32(28(23)35)18-9-7-17(30)8-10-18/h2-14,22-25H,1H3/t22-,23+,24+,25-/m0/s1. The van der Waals surface area contributed by atoms with Crippen LogP contribution in [0.15, 0.2) is 77.4 Å². The second kappa shape index (κ2) is 8.41. The van der Waals surface area contributed by atoms with Gasteiger partial charge in [0.05, 0.1) is 35.1 Å². The maximum atomic E-state index is 14.0. The van der Waals surface area contributed by atoms with Gasteiger partial charge in [0.1, 0.15) is 17.6 Å². The number of benzene rings is 3. The van der Waals surface area contributed by atoms with Gasteiger partial charge in [-0.25, -0.2) is 9.29 Å². The molecular weight excluding hydrogens is 527 g/mol. The van der Waals surface area contributed by atoms with Gasteiger partial charge >= 0.3 is 0 Å². The van der Waals surface area contributed by atoms with E-state index in [-0.39, 0.29) is 11.7 Å². The summed E-state index contributed by atoms with van der Waals surface area (Å²) in [6.07, 6.45) is 3.72. The van der Waals surface area contributed by atoms with Gasteiger partial charge in [0, 0.05) is 11.8 Å². The lowest BCUT2D eigenvalue weighted by molar-refractivity contribution is -0.123. The summed E-state index contributed by atoms with van der Waals surface area (Å²) in [6, 6.07) is 16.6. The average molecular weight is 547 g/mol. The number of ether oxygens (including phenoxy) is 1. The lowest BCUT2D eigenvalue weighted by Gasteiger charge is -2.35. The van der Waals surface area contributed by atoms with Crippen LogP contribution in [-0.4, -0.2) is 35.6 Å². The first kappa shape index (κ1) is 22.7. The van der Waals surface area contributed by atoms with Crippen molar-refractivity contribution in [1.82, 2.24) is 4.90 Å². The van der Waals surface area contributed by atoms with Crippen molar-refractivity contribution in [1.29, 1.82) is 0 Å². The fourth-order valence-corrected chi connectivity index (χ4v) is 6.23. The fraction of sp³-hybridized carbons (Fsp3) is 0.179. The highest BCUT2D eigenvalue weighted by Gasteiger charge is 2.64. The first-order valence-corrected chi connectivity index (χ1v) is 12.3. The van der Waals surface area contributed by atoms with Crippen molar-refractivity contribution in [3.8, 4) is 5.75 Å². The first-order chi connectivity index (χ1) is 17.4. The SMILES string of the molecule is COc1ccc(C(=O)[C@@H]2[C@@H]3C(=O)N(c4ccc(F)cc4)C(=O)[C@@H]3[C@H]3c4ccccc4C=CN23)cc1Br. The van der Waals surface area contributed by atoms with Gasteiger partial charge in [0.15, 0.2) is 5.78 Å². The van der Waals surface area contributed by atoms with Crippen molar-refractivity contribution in [2.45, 2.75) is 12.1 Å². The molecule has 3 aliphatic heterocycles. The molecule has 3 aromatic rings. The van der Waals surface area contributed by atoms with Crippen molar-refractivity contribution in [2.24, 2.45) is 11.8 Å². The van der Waals surface area contributed by atoms with E-state index in [4.69, 9.17) is 4.74 Å². The highest BCUT2D eigenvalue weighted by atomic mass is 79.9. The van der Waals surface area contributed by atoms with Crippen molar-refractivity contribution in [3.63, 3.8) is 0 Å². The number of anilines is 1. The van der Waals surface area contributed by atoms with Crippen LogP contribution in [0.4, 0.5) is 10.1 Å². The topological polar surface area (TPSA) is 66.9 Å². The zero-order chi connectivity index (χ0) is 25.1.